The van der Waals surface area contributed by atoms with Gasteiger partial charge in [-0.15, -0.1) is 0 Å². The number of anilines is 1. The van der Waals surface area contributed by atoms with Crippen LogP contribution in [0.2, 0.25) is 0 Å². The van der Waals surface area contributed by atoms with Crippen LogP contribution in [0, 0.1) is 11.3 Å². The predicted molar refractivity (Wildman–Crippen MR) is 60.0 cm³/mol. The van der Waals surface area contributed by atoms with Gasteiger partial charge in [0.25, 0.3) is 0 Å². The van der Waals surface area contributed by atoms with Gasteiger partial charge in [0, 0.05) is 27.3 Å². The van der Waals surface area contributed by atoms with Crippen molar-refractivity contribution in [3.63, 3.8) is 0 Å². The molecule has 1 heterocycles. The molecule has 0 unspecified atom stereocenters. The van der Waals surface area contributed by atoms with Crippen LogP contribution in [-0.4, -0.2) is 38.9 Å². The number of nitrogens with zero attached hydrogens (tertiary/aromatic N) is 4. The molecule has 0 bridgehead atoms. The lowest BCUT2D eigenvalue weighted by Gasteiger charge is -2.22. The van der Waals surface area contributed by atoms with E-state index in [9.17, 15) is 8.42 Å². The van der Waals surface area contributed by atoms with Crippen molar-refractivity contribution in [1.29, 1.82) is 5.26 Å². The molecular weight excluding hydrogens is 228 g/mol. The van der Waals surface area contributed by atoms with E-state index in [1.54, 1.807) is 0 Å². The summed E-state index contributed by atoms with van der Waals surface area (Å²) < 4.78 is 25.6. The Balaban J connectivity index is 3.07. The van der Waals surface area contributed by atoms with Crippen LogP contribution in [0.25, 0.3) is 0 Å². The highest BCUT2D eigenvalue weighted by Crippen LogP contribution is 2.14. The lowest BCUT2D eigenvalue weighted by molar-refractivity contribution is 0.518. The van der Waals surface area contributed by atoms with Crippen LogP contribution in [0.15, 0.2) is 18.3 Å². The molecule has 0 aliphatic rings. The van der Waals surface area contributed by atoms with Crippen LogP contribution in [0.1, 0.15) is 5.56 Å². The average Bonchev–Trinajstić information content (AvgIpc) is 2.28. The van der Waals surface area contributed by atoms with Crippen LogP contribution >= 0.6 is 0 Å². The van der Waals surface area contributed by atoms with E-state index in [1.807, 2.05) is 6.07 Å². The van der Waals surface area contributed by atoms with E-state index in [4.69, 9.17) is 5.26 Å². The Labute approximate surface area is 94.9 Å². The summed E-state index contributed by atoms with van der Waals surface area (Å²) >= 11 is 0. The predicted octanol–water partition coefficient (Wildman–Crippen LogP) is 0.196. The first kappa shape index (κ1) is 12.4. The van der Waals surface area contributed by atoms with Crippen LogP contribution in [0.3, 0.4) is 0 Å². The lowest BCUT2D eigenvalue weighted by Crippen LogP contribution is -2.37. The molecular formula is C9H12N4O2S. The molecule has 0 aliphatic heterocycles. The molecule has 0 radical (unpaired) electrons. The standard InChI is InChI=1S/C9H12N4O2S/c1-12(2)16(14,15)13(3)9-5-4-8(6-10)7-11-9/h4-5,7H,1-3H3. The fraction of sp³-hybridized carbons (Fsp3) is 0.333. The molecule has 0 aliphatic carbocycles. The van der Waals surface area contributed by atoms with Crippen LogP contribution in [-0.2, 0) is 10.2 Å². The van der Waals surface area contributed by atoms with Gasteiger partial charge in [-0.3, -0.25) is 0 Å². The Morgan fingerprint density at radius 1 is 1.31 bits per heavy atom. The smallest absolute Gasteiger partial charge is 0.244 e. The summed E-state index contributed by atoms with van der Waals surface area (Å²) in [7, 11) is 0.758. The van der Waals surface area contributed by atoms with Crippen molar-refractivity contribution < 1.29 is 8.42 Å². The normalized spacial score (nSPS) is 11.2. The molecule has 1 aromatic rings. The third-order valence-electron chi connectivity index (χ3n) is 2.01. The third kappa shape index (κ3) is 2.29. The molecule has 1 rings (SSSR count). The highest BCUT2D eigenvalue weighted by molar-refractivity contribution is 7.90. The second-order valence-electron chi connectivity index (χ2n) is 3.27. The van der Waals surface area contributed by atoms with Crippen molar-refractivity contribution in [2.45, 2.75) is 0 Å². The van der Waals surface area contributed by atoms with Crippen LogP contribution in [0.4, 0.5) is 5.82 Å². The maximum Gasteiger partial charge on any atom is 0.304 e. The Bertz CT molecular complexity index is 501. The van der Waals surface area contributed by atoms with Crippen molar-refractivity contribution in [1.82, 2.24) is 9.29 Å². The van der Waals surface area contributed by atoms with E-state index in [1.165, 1.54) is 39.5 Å². The van der Waals surface area contributed by atoms with Gasteiger partial charge in [0.1, 0.15) is 11.9 Å². The topological polar surface area (TPSA) is 77.3 Å². The van der Waals surface area contributed by atoms with E-state index >= 15 is 0 Å². The Morgan fingerprint density at radius 3 is 2.31 bits per heavy atom. The molecule has 7 heteroatoms. The SMILES string of the molecule is CN(C)S(=O)(=O)N(C)c1ccc(C#N)cn1. The van der Waals surface area contributed by atoms with Gasteiger partial charge in [0.05, 0.1) is 5.56 Å². The third-order valence-corrected chi connectivity index (χ3v) is 3.81. The zero-order valence-electron chi connectivity index (χ0n) is 9.25. The summed E-state index contributed by atoms with van der Waals surface area (Å²) in [5.74, 6) is 0.271. The number of nitriles is 1. The first-order valence-electron chi connectivity index (χ1n) is 4.42. The van der Waals surface area contributed by atoms with Gasteiger partial charge >= 0.3 is 10.2 Å². The minimum Gasteiger partial charge on any atom is -0.244 e. The monoisotopic (exact) mass is 240 g/mol. The number of hydrogen-bond donors (Lipinski definition) is 0. The molecule has 0 N–H and O–H groups in total. The van der Waals surface area contributed by atoms with E-state index in [0.717, 1.165) is 8.61 Å². The molecule has 86 valence electrons. The second kappa shape index (κ2) is 4.47. The number of pyridine rings is 1. The van der Waals surface area contributed by atoms with E-state index in [0.29, 0.717) is 5.56 Å². The minimum atomic E-state index is -3.53. The lowest BCUT2D eigenvalue weighted by atomic mass is 10.3. The zero-order valence-corrected chi connectivity index (χ0v) is 10.1. The van der Waals surface area contributed by atoms with Gasteiger partial charge < -0.3 is 0 Å². The molecule has 16 heavy (non-hydrogen) atoms. The molecule has 1 aromatic heterocycles. The molecule has 6 nitrogen and oxygen atoms in total. The van der Waals surface area contributed by atoms with Crippen molar-refractivity contribution in [3.8, 4) is 6.07 Å². The summed E-state index contributed by atoms with van der Waals surface area (Å²) in [4.78, 5) is 3.90. The first-order chi connectivity index (χ1) is 7.39. The fourth-order valence-corrected chi connectivity index (χ4v) is 1.84. The number of hydrogen-bond acceptors (Lipinski definition) is 4. The summed E-state index contributed by atoms with van der Waals surface area (Å²) in [6.45, 7) is 0. The molecule has 0 saturated heterocycles. The highest BCUT2D eigenvalue weighted by atomic mass is 32.2. The molecule has 0 fully saturated rings. The number of rotatable bonds is 3. The second-order valence-corrected chi connectivity index (χ2v) is 5.45. The summed E-state index contributed by atoms with van der Waals surface area (Å²) in [6.07, 6.45) is 1.33. The minimum absolute atomic E-state index is 0.271. The average molecular weight is 240 g/mol. The fourth-order valence-electron chi connectivity index (χ4n) is 1.00. The van der Waals surface area contributed by atoms with Gasteiger partial charge in [-0.25, -0.2) is 9.29 Å². The van der Waals surface area contributed by atoms with E-state index < -0.39 is 10.2 Å². The maximum absolute atomic E-state index is 11.7. The maximum atomic E-state index is 11.7. The molecule has 0 saturated carbocycles. The quantitative estimate of drug-likeness (QED) is 0.756. The van der Waals surface area contributed by atoms with Crippen LogP contribution < -0.4 is 4.31 Å². The Hall–Kier alpha value is -1.65. The molecule has 0 aromatic carbocycles. The highest BCUT2D eigenvalue weighted by Gasteiger charge is 2.21. The van der Waals surface area contributed by atoms with Crippen molar-refractivity contribution in [2.75, 3.05) is 25.4 Å². The van der Waals surface area contributed by atoms with E-state index in [2.05, 4.69) is 4.98 Å². The van der Waals surface area contributed by atoms with Gasteiger partial charge in [-0.2, -0.15) is 18.0 Å². The summed E-state index contributed by atoms with van der Waals surface area (Å²) in [5, 5.41) is 8.59. The van der Waals surface area contributed by atoms with E-state index in [-0.39, 0.29) is 5.82 Å². The first-order valence-corrected chi connectivity index (χ1v) is 5.82. The van der Waals surface area contributed by atoms with Gasteiger partial charge in [0.2, 0.25) is 0 Å². The van der Waals surface area contributed by atoms with Gasteiger partial charge in [-0.05, 0) is 12.1 Å². The molecule has 0 amide bonds. The summed E-state index contributed by atoms with van der Waals surface area (Å²) in [6, 6.07) is 4.92. The van der Waals surface area contributed by atoms with Crippen molar-refractivity contribution in [3.05, 3.63) is 23.9 Å². The Morgan fingerprint density at radius 2 is 1.94 bits per heavy atom. The largest absolute Gasteiger partial charge is 0.304 e. The summed E-state index contributed by atoms with van der Waals surface area (Å²) in [5.41, 5.74) is 0.388. The van der Waals surface area contributed by atoms with Crippen molar-refractivity contribution >= 4 is 16.0 Å². The van der Waals surface area contributed by atoms with Gasteiger partial charge in [0.15, 0.2) is 0 Å². The van der Waals surface area contributed by atoms with Crippen LogP contribution in [0.5, 0.6) is 0 Å². The zero-order chi connectivity index (χ0) is 12.3. The Kier molecular flexibility index (Phi) is 3.47. The number of aromatic nitrogens is 1. The molecule has 0 atom stereocenters. The van der Waals surface area contributed by atoms with Gasteiger partial charge in [-0.1, -0.05) is 0 Å². The van der Waals surface area contributed by atoms with Crippen molar-refractivity contribution in [2.24, 2.45) is 0 Å². The molecule has 0 spiro atoms.